The maximum absolute atomic E-state index is 9.12. The fourth-order valence-corrected chi connectivity index (χ4v) is 1.47. The molecule has 1 aromatic carbocycles. The van der Waals surface area contributed by atoms with Crippen molar-refractivity contribution in [2.75, 3.05) is 13.2 Å². The molecule has 1 fully saturated rings. The minimum Gasteiger partial charge on any atom is -0.493 e. The summed E-state index contributed by atoms with van der Waals surface area (Å²) in [6, 6.07) is 7.98. The van der Waals surface area contributed by atoms with Crippen molar-refractivity contribution in [1.82, 2.24) is 0 Å². The summed E-state index contributed by atoms with van der Waals surface area (Å²) in [5.41, 5.74) is 1.23. The maximum atomic E-state index is 9.12. The zero-order valence-electron chi connectivity index (χ0n) is 8.49. The largest absolute Gasteiger partial charge is 0.493 e. The molecule has 0 heterocycles. The smallest absolute Gasteiger partial charge is 0.122 e. The van der Waals surface area contributed by atoms with Gasteiger partial charge in [-0.25, -0.2) is 0 Å². The molecule has 2 nitrogen and oxygen atoms in total. The van der Waals surface area contributed by atoms with Crippen molar-refractivity contribution in [3.05, 3.63) is 29.8 Å². The van der Waals surface area contributed by atoms with Crippen molar-refractivity contribution in [3.8, 4) is 5.75 Å². The van der Waals surface area contributed by atoms with Crippen LogP contribution in [-0.4, -0.2) is 18.3 Å². The lowest BCUT2D eigenvalue weighted by atomic mass is 10.1. The molecule has 1 aliphatic rings. The van der Waals surface area contributed by atoms with Gasteiger partial charge in [0.15, 0.2) is 0 Å². The van der Waals surface area contributed by atoms with E-state index >= 15 is 0 Å². The van der Waals surface area contributed by atoms with Crippen LogP contribution >= 0.6 is 0 Å². The highest BCUT2D eigenvalue weighted by molar-refractivity contribution is 5.31. The molecule has 0 bridgehead atoms. The first-order valence-electron chi connectivity index (χ1n) is 5.05. The lowest BCUT2D eigenvalue weighted by Crippen LogP contribution is -2.17. The predicted octanol–water partition coefficient (Wildman–Crippen LogP) is 2.15. The molecule has 0 unspecified atom stereocenters. The monoisotopic (exact) mass is 192 g/mol. The predicted molar refractivity (Wildman–Crippen MR) is 55.4 cm³/mol. The van der Waals surface area contributed by atoms with E-state index < -0.39 is 0 Å². The second-order valence-electron chi connectivity index (χ2n) is 4.21. The Labute approximate surface area is 84.5 Å². The number of benzene rings is 1. The maximum Gasteiger partial charge on any atom is 0.122 e. The fraction of sp³-hybridized carbons (Fsp3) is 0.500. The van der Waals surface area contributed by atoms with Gasteiger partial charge in [-0.15, -0.1) is 0 Å². The van der Waals surface area contributed by atoms with E-state index in [-0.39, 0.29) is 12.0 Å². The Kier molecular flexibility index (Phi) is 2.46. The summed E-state index contributed by atoms with van der Waals surface area (Å²) in [6.45, 7) is 2.93. The second kappa shape index (κ2) is 3.62. The van der Waals surface area contributed by atoms with Crippen LogP contribution in [0.1, 0.15) is 18.4 Å². The van der Waals surface area contributed by atoms with E-state index in [1.165, 1.54) is 0 Å². The SMILES string of the molecule is Cc1ccccc1OCC1(CO)CC1. The first-order valence-corrected chi connectivity index (χ1v) is 5.05. The van der Waals surface area contributed by atoms with Crippen LogP contribution in [0.4, 0.5) is 0 Å². The van der Waals surface area contributed by atoms with Crippen LogP contribution in [0, 0.1) is 12.3 Å². The van der Waals surface area contributed by atoms with Crippen LogP contribution in [0.3, 0.4) is 0 Å². The van der Waals surface area contributed by atoms with Crippen molar-refractivity contribution < 1.29 is 9.84 Å². The molecule has 1 saturated carbocycles. The van der Waals surface area contributed by atoms with Gasteiger partial charge in [0.2, 0.25) is 0 Å². The summed E-state index contributed by atoms with van der Waals surface area (Å²) in [4.78, 5) is 0. The van der Waals surface area contributed by atoms with Crippen molar-refractivity contribution in [1.29, 1.82) is 0 Å². The number of hydrogen-bond acceptors (Lipinski definition) is 2. The number of aliphatic hydroxyl groups is 1. The molecular formula is C12H16O2. The molecule has 2 heteroatoms. The number of rotatable bonds is 4. The number of hydrogen-bond donors (Lipinski definition) is 1. The number of aryl methyl sites for hydroxylation is 1. The molecule has 0 atom stereocenters. The Morgan fingerprint density at radius 1 is 1.36 bits per heavy atom. The number of ether oxygens (including phenoxy) is 1. The Hall–Kier alpha value is -1.02. The summed E-state index contributed by atoms with van der Waals surface area (Å²) in [5.74, 6) is 0.937. The van der Waals surface area contributed by atoms with E-state index in [0.717, 1.165) is 24.2 Å². The Morgan fingerprint density at radius 2 is 2.07 bits per heavy atom. The normalized spacial score (nSPS) is 17.9. The molecule has 0 spiro atoms. The average molecular weight is 192 g/mol. The summed E-state index contributed by atoms with van der Waals surface area (Å²) in [7, 11) is 0. The molecule has 2 rings (SSSR count). The van der Waals surface area contributed by atoms with Crippen LogP contribution in [-0.2, 0) is 0 Å². The van der Waals surface area contributed by atoms with Gasteiger partial charge in [0.05, 0.1) is 13.2 Å². The number of aliphatic hydroxyl groups excluding tert-OH is 1. The van der Waals surface area contributed by atoms with E-state index in [2.05, 4.69) is 0 Å². The summed E-state index contributed by atoms with van der Waals surface area (Å²) in [6.07, 6.45) is 2.19. The Balaban J connectivity index is 1.95. The standard InChI is InChI=1S/C12H16O2/c1-10-4-2-3-5-11(10)14-9-12(8-13)6-7-12/h2-5,13H,6-9H2,1H3. The fourth-order valence-electron chi connectivity index (χ4n) is 1.47. The van der Waals surface area contributed by atoms with Crippen molar-refractivity contribution in [3.63, 3.8) is 0 Å². The summed E-state index contributed by atoms with van der Waals surface area (Å²) in [5, 5.41) is 9.12. The molecular weight excluding hydrogens is 176 g/mol. The molecule has 76 valence electrons. The van der Waals surface area contributed by atoms with Gasteiger partial charge in [-0.1, -0.05) is 18.2 Å². The van der Waals surface area contributed by atoms with Crippen molar-refractivity contribution in [2.45, 2.75) is 19.8 Å². The minimum atomic E-state index is 0.0717. The molecule has 0 saturated heterocycles. The van der Waals surface area contributed by atoms with Gasteiger partial charge in [-0.05, 0) is 31.4 Å². The highest BCUT2D eigenvalue weighted by Gasteiger charge is 2.42. The second-order valence-corrected chi connectivity index (χ2v) is 4.21. The molecule has 0 aliphatic heterocycles. The van der Waals surface area contributed by atoms with Crippen LogP contribution in [0.25, 0.3) is 0 Å². The van der Waals surface area contributed by atoms with Crippen molar-refractivity contribution >= 4 is 0 Å². The molecule has 0 amide bonds. The molecule has 0 aromatic heterocycles. The first-order chi connectivity index (χ1) is 6.76. The third-order valence-corrected chi connectivity index (χ3v) is 2.92. The first kappa shape index (κ1) is 9.53. The lowest BCUT2D eigenvalue weighted by Gasteiger charge is -2.14. The van der Waals surface area contributed by atoms with Crippen molar-refractivity contribution in [2.24, 2.45) is 5.41 Å². The minimum absolute atomic E-state index is 0.0717. The molecule has 0 radical (unpaired) electrons. The van der Waals surface area contributed by atoms with Crippen LogP contribution in [0.2, 0.25) is 0 Å². The topological polar surface area (TPSA) is 29.5 Å². The van der Waals surface area contributed by atoms with Gasteiger partial charge in [-0.3, -0.25) is 0 Å². The van der Waals surface area contributed by atoms with Gasteiger partial charge in [0.1, 0.15) is 5.75 Å². The third-order valence-electron chi connectivity index (χ3n) is 2.92. The third kappa shape index (κ3) is 1.90. The molecule has 14 heavy (non-hydrogen) atoms. The highest BCUT2D eigenvalue weighted by atomic mass is 16.5. The van der Waals surface area contributed by atoms with Crippen LogP contribution in [0.5, 0.6) is 5.75 Å². The van der Waals surface area contributed by atoms with Gasteiger partial charge in [-0.2, -0.15) is 0 Å². The van der Waals surface area contributed by atoms with E-state index in [4.69, 9.17) is 9.84 Å². The quantitative estimate of drug-likeness (QED) is 0.792. The van der Waals surface area contributed by atoms with Gasteiger partial charge < -0.3 is 9.84 Å². The van der Waals surface area contributed by atoms with Gasteiger partial charge in [0, 0.05) is 5.41 Å². The molecule has 1 aliphatic carbocycles. The van der Waals surface area contributed by atoms with Crippen LogP contribution < -0.4 is 4.74 Å². The van der Waals surface area contributed by atoms with Crippen LogP contribution in [0.15, 0.2) is 24.3 Å². The molecule has 1 N–H and O–H groups in total. The van der Waals surface area contributed by atoms with E-state index in [1.54, 1.807) is 0 Å². The highest BCUT2D eigenvalue weighted by Crippen LogP contribution is 2.45. The number of para-hydroxylation sites is 1. The summed E-state index contributed by atoms with van der Waals surface area (Å²) < 4.78 is 5.69. The van der Waals surface area contributed by atoms with E-state index in [1.807, 2.05) is 31.2 Å². The van der Waals surface area contributed by atoms with Gasteiger partial charge in [0.25, 0.3) is 0 Å². The van der Waals surface area contributed by atoms with E-state index in [0.29, 0.717) is 6.61 Å². The average Bonchev–Trinajstić information content (AvgIpc) is 2.98. The summed E-state index contributed by atoms with van der Waals surface area (Å²) >= 11 is 0. The molecule has 1 aromatic rings. The zero-order valence-corrected chi connectivity index (χ0v) is 8.49. The lowest BCUT2D eigenvalue weighted by molar-refractivity contribution is 0.146. The van der Waals surface area contributed by atoms with Gasteiger partial charge >= 0.3 is 0 Å². The zero-order chi connectivity index (χ0) is 10.0. The Bertz CT molecular complexity index is 316. The Morgan fingerprint density at radius 3 is 2.64 bits per heavy atom. The van der Waals surface area contributed by atoms with E-state index in [9.17, 15) is 0 Å².